The van der Waals surface area contributed by atoms with Crippen molar-refractivity contribution in [2.75, 3.05) is 0 Å². The number of carbonyl (C=O) groups excluding carboxylic acids is 2. The molecule has 2 amide bonds. The first-order valence-electron chi connectivity index (χ1n) is 2.36. The Morgan fingerprint density at radius 2 is 1.78 bits per heavy atom. The Labute approximate surface area is 54.4 Å². The van der Waals surface area contributed by atoms with E-state index in [0.717, 1.165) is 12.1 Å². The zero-order valence-electron chi connectivity index (χ0n) is 4.57. The number of nitrogens with zero attached hydrogens (tertiary/aromatic N) is 1. The Morgan fingerprint density at radius 3 is 2.00 bits per heavy atom. The number of carbonyl (C=O) groups is 2. The van der Waals surface area contributed by atoms with Gasteiger partial charge in [0, 0.05) is 19.9 Å². The maximum absolute atomic E-state index is 10.5. The molecular formula is C4H2B2NO2. The summed E-state index contributed by atoms with van der Waals surface area (Å²) in [4.78, 5) is 21.9. The minimum absolute atomic E-state index is 0.387. The Balaban J connectivity index is 2.75. The average molecular weight is 118 g/mol. The molecule has 0 aromatic carbocycles. The monoisotopic (exact) mass is 118 g/mol. The first-order valence-corrected chi connectivity index (χ1v) is 2.36. The average Bonchev–Trinajstić information content (AvgIpc) is 2.12. The number of amides is 2. The largest absolute Gasteiger partial charge is 0.337 e. The van der Waals surface area contributed by atoms with Crippen LogP contribution >= 0.6 is 0 Å². The van der Waals surface area contributed by atoms with Crippen LogP contribution in [0.3, 0.4) is 0 Å². The van der Waals surface area contributed by atoms with Crippen molar-refractivity contribution >= 4 is 26.9 Å². The summed E-state index contributed by atoms with van der Waals surface area (Å²) in [5.74, 6) is -0.773. The topological polar surface area (TPSA) is 37.4 Å². The lowest BCUT2D eigenvalue weighted by molar-refractivity contribution is -0.131. The normalized spacial score (nSPS) is 17.1. The van der Waals surface area contributed by atoms with Crippen LogP contribution in [-0.4, -0.2) is 31.7 Å². The Hall–Kier alpha value is -0.990. The highest BCUT2D eigenvalue weighted by atomic mass is 16.2. The summed E-state index contributed by atoms with van der Waals surface area (Å²) in [5.41, 5.74) is 0. The second-order valence-corrected chi connectivity index (χ2v) is 1.53. The van der Waals surface area contributed by atoms with Crippen LogP contribution in [0.15, 0.2) is 12.2 Å². The molecule has 3 nitrogen and oxygen atoms in total. The summed E-state index contributed by atoms with van der Waals surface area (Å²) in [6.07, 6.45) is 2.34. The fraction of sp³-hybridized carbons (Fsp3) is 0. The van der Waals surface area contributed by atoms with Gasteiger partial charge >= 0.3 is 0 Å². The molecule has 1 aliphatic rings. The van der Waals surface area contributed by atoms with Gasteiger partial charge in [0.25, 0.3) is 0 Å². The molecule has 0 aromatic heterocycles. The zero-order chi connectivity index (χ0) is 6.85. The highest BCUT2D eigenvalue weighted by molar-refractivity contribution is 6.90. The van der Waals surface area contributed by atoms with Crippen molar-refractivity contribution in [3.05, 3.63) is 12.2 Å². The van der Waals surface area contributed by atoms with E-state index in [1.807, 2.05) is 0 Å². The van der Waals surface area contributed by atoms with Crippen molar-refractivity contribution in [1.29, 1.82) is 0 Å². The Bertz CT molecular complexity index is 171. The molecular weight excluding hydrogens is 116 g/mol. The molecule has 1 rings (SSSR count). The predicted octanol–water partition coefficient (Wildman–Crippen LogP) is -1.39. The number of imide groups is 1. The van der Waals surface area contributed by atoms with Gasteiger partial charge in [0.1, 0.15) is 0 Å². The SMILES string of the molecule is [B][B]N1C(=O)C=CC1=O. The van der Waals surface area contributed by atoms with Gasteiger partial charge in [-0.2, -0.15) is 0 Å². The van der Waals surface area contributed by atoms with E-state index in [0.29, 0.717) is 0 Å². The highest BCUT2D eigenvalue weighted by Gasteiger charge is 2.19. The molecule has 0 atom stereocenters. The third kappa shape index (κ3) is 0.896. The van der Waals surface area contributed by atoms with E-state index in [-0.39, 0.29) is 11.8 Å². The molecule has 0 fully saturated rings. The standard InChI is InChI=1S/C4H2B2NO2/c5-6-7-3(8)1-2-4(7)9/h1-2H. The first-order chi connectivity index (χ1) is 4.25. The van der Waals surface area contributed by atoms with Crippen molar-refractivity contribution in [1.82, 2.24) is 4.81 Å². The summed E-state index contributed by atoms with van der Waals surface area (Å²) >= 11 is 0. The van der Waals surface area contributed by atoms with Crippen LogP contribution in [0, 0.1) is 0 Å². The molecule has 0 bridgehead atoms. The number of rotatable bonds is 1. The molecule has 5 heteroatoms. The van der Waals surface area contributed by atoms with E-state index in [4.69, 9.17) is 7.74 Å². The van der Waals surface area contributed by atoms with Gasteiger partial charge in [-0.05, 0) is 0 Å². The van der Waals surface area contributed by atoms with Crippen LogP contribution in [0.5, 0.6) is 0 Å². The fourth-order valence-corrected chi connectivity index (χ4v) is 0.559. The molecule has 9 heavy (non-hydrogen) atoms. The van der Waals surface area contributed by atoms with Crippen molar-refractivity contribution in [3.8, 4) is 0 Å². The summed E-state index contributed by atoms with van der Waals surface area (Å²) < 4.78 is 0. The van der Waals surface area contributed by atoms with Gasteiger partial charge in [-0.3, -0.25) is 9.59 Å². The fourth-order valence-electron chi connectivity index (χ4n) is 0.559. The lowest BCUT2D eigenvalue weighted by atomic mass is 9.65. The molecule has 0 N–H and O–H groups in total. The van der Waals surface area contributed by atoms with Crippen LogP contribution in [0.25, 0.3) is 0 Å². The maximum Gasteiger partial charge on any atom is 0.240 e. The molecule has 1 heterocycles. The van der Waals surface area contributed by atoms with E-state index >= 15 is 0 Å². The summed E-state index contributed by atoms with van der Waals surface area (Å²) in [6.45, 7) is 0. The van der Waals surface area contributed by atoms with E-state index in [1.165, 1.54) is 12.2 Å². The van der Waals surface area contributed by atoms with Gasteiger partial charge in [0.05, 0.1) is 0 Å². The molecule has 0 aliphatic carbocycles. The molecule has 3 radical (unpaired) electrons. The third-order valence-electron chi connectivity index (χ3n) is 0.992. The molecule has 0 spiro atoms. The lowest BCUT2D eigenvalue weighted by Gasteiger charge is -2.08. The van der Waals surface area contributed by atoms with Crippen molar-refractivity contribution in [3.63, 3.8) is 0 Å². The van der Waals surface area contributed by atoms with E-state index in [9.17, 15) is 9.59 Å². The maximum atomic E-state index is 10.5. The minimum Gasteiger partial charge on any atom is -0.337 e. The van der Waals surface area contributed by atoms with Crippen LogP contribution in [0.4, 0.5) is 0 Å². The smallest absolute Gasteiger partial charge is 0.240 e. The number of hydrogen-bond donors (Lipinski definition) is 0. The molecule has 0 unspecified atom stereocenters. The second kappa shape index (κ2) is 2.09. The van der Waals surface area contributed by atoms with E-state index in [1.54, 1.807) is 0 Å². The van der Waals surface area contributed by atoms with Gasteiger partial charge in [0.15, 0.2) is 7.31 Å². The second-order valence-electron chi connectivity index (χ2n) is 1.53. The van der Waals surface area contributed by atoms with Gasteiger partial charge in [-0.15, -0.1) is 0 Å². The van der Waals surface area contributed by atoms with E-state index < -0.39 is 0 Å². The van der Waals surface area contributed by atoms with E-state index in [2.05, 4.69) is 0 Å². The molecule has 41 valence electrons. The quantitative estimate of drug-likeness (QED) is 0.314. The molecule has 0 saturated carbocycles. The number of hydrogen-bond acceptors (Lipinski definition) is 2. The van der Waals surface area contributed by atoms with Crippen LogP contribution in [0.1, 0.15) is 0 Å². The summed E-state index contributed by atoms with van der Waals surface area (Å²) in [7, 11) is 5.88. The van der Waals surface area contributed by atoms with Crippen LogP contribution in [0.2, 0.25) is 0 Å². The molecule has 0 saturated heterocycles. The van der Waals surface area contributed by atoms with Gasteiger partial charge < -0.3 is 4.81 Å². The first kappa shape index (κ1) is 6.13. The summed E-state index contributed by atoms with van der Waals surface area (Å²) in [5, 5.41) is 0. The lowest BCUT2D eigenvalue weighted by Crippen LogP contribution is -2.33. The minimum atomic E-state index is -0.387. The van der Waals surface area contributed by atoms with Crippen LogP contribution in [-0.2, 0) is 9.59 Å². The molecule has 1 aliphatic heterocycles. The van der Waals surface area contributed by atoms with Crippen LogP contribution < -0.4 is 0 Å². The summed E-state index contributed by atoms with van der Waals surface area (Å²) in [6, 6.07) is 0. The Morgan fingerprint density at radius 1 is 1.33 bits per heavy atom. The predicted molar refractivity (Wildman–Crippen MR) is 32.5 cm³/mol. The van der Waals surface area contributed by atoms with Crippen molar-refractivity contribution in [2.24, 2.45) is 0 Å². The van der Waals surface area contributed by atoms with Gasteiger partial charge in [0.2, 0.25) is 11.8 Å². The Kier molecular flexibility index (Phi) is 1.42. The highest BCUT2D eigenvalue weighted by Crippen LogP contribution is 1.98. The van der Waals surface area contributed by atoms with Gasteiger partial charge in [-0.1, -0.05) is 0 Å². The van der Waals surface area contributed by atoms with Crippen molar-refractivity contribution in [2.45, 2.75) is 0 Å². The van der Waals surface area contributed by atoms with Crippen molar-refractivity contribution < 1.29 is 9.59 Å². The molecule has 0 aromatic rings. The zero-order valence-corrected chi connectivity index (χ0v) is 4.57. The third-order valence-corrected chi connectivity index (χ3v) is 0.992. The van der Waals surface area contributed by atoms with Gasteiger partial charge in [-0.25, -0.2) is 0 Å².